The maximum Gasteiger partial charge on any atom is 0.141 e. The second-order valence-electron chi connectivity index (χ2n) is 2.25. The largest absolute Gasteiger partial charge is 0.320 e. The van der Waals surface area contributed by atoms with Crippen LogP contribution in [-0.4, -0.2) is 6.54 Å². The summed E-state index contributed by atoms with van der Waals surface area (Å²) < 4.78 is 13.7. The van der Waals surface area contributed by atoms with Gasteiger partial charge in [0.1, 0.15) is 5.82 Å². The minimum absolute atomic E-state index is 0.203. The molecule has 0 aliphatic heterocycles. The van der Waals surface area contributed by atoms with Gasteiger partial charge >= 0.3 is 0 Å². The van der Waals surface area contributed by atoms with E-state index in [0.29, 0.717) is 9.50 Å². The van der Waals surface area contributed by atoms with Crippen LogP contribution in [0.4, 0.5) is 4.39 Å². The number of hydrogen-bond donors (Lipinski definition) is 1. The monoisotopic (exact) mass is 261 g/mol. The Balaban J connectivity index is 3.21. The highest BCUT2D eigenvalue weighted by Gasteiger charge is 2.05. The summed E-state index contributed by atoms with van der Waals surface area (Å²) in [6.07, 6.45) is 0. The van der Waals surface area contributed by atoms with Gasteiger partial charge in [0.15, 0.2) is 0 Å². The third-order valence-corrected chi connectivity index (χ3v) is 2.17. The molecule has 0 saturated carbocycles. The van der Waals surface area contributed by atoms with Gasteiger partial charge in [-0.2, -0.15) is 0 Å². The molecule has 2 N–H and O–H groups in total. The summed E-state index contributed by atoms with van der Waals surface area (Å²) in [5.41, 5.74) is 5.46. The minimum Gasteiger partial charge on any atom is -0.320 e. The molecule has 1 aromatic carbocycles. The van der Waals surface area contributed by atoms with E-state index in [9.17, 15) is 4.39 Å². The highest BCUT2D eigenvalue weighted by atomic mass is 79.9. The van der Waals surface area contributed by atoms with Crippen LogP contribution in [0.2, 0.25) is 5.02 Å². The van der Waals surface area contributed by atoms with Gasteiger partial charge in [0, 0.05) is 9.50 Å². The van der Waals surface area contributed by atoms with E-state index in [0.717, 1.165) is 0 Å². The van der Waals surface area contributed by atoms with E-state index in [2.05, 4.69) is 27.8 Å². The molecule has 68 valence electrons. The summed E-state index contributed by atoms with van der Waals surface area (Å²) in [4.78, 5) is 0. The molecule has 4 heteroatoms. The summed E-state index contributed by atoms with van der Waals surface area (Å²) in [6, 6.07) is 2.80. The molecule has 0 bridgehead atoms. The van der Waals surface area contributed by atoms with Gasteiger partial charge < -0.3 is 5.73 Å². The zero-order chi connectivity index (χ0) is 9.84. The van der Waals surface area contributed by atoms with Crippen molar-refractivity contribution in [1.82, 2.24) is 0 Å². The quantitative estimate of drug-likeness (QED) is 0.715. The predicted octanol–water partition coefficient (Wildman–Crippen LogP) is 2.55. The molecule has 1 nitrogen and oxygen atoms in total. The van der Waals surface area contributed by atoms with Crippen LogP contribution in [0.25, 0.3) is 0 Å². The highest BCUT2D eigenvalue weighted by Crippen LogP contribution is 2.23. The van der Waals surface area contributed by atoms with E-state index in [4.69, 9.17) is 17.3 Å². The molecule has 0 heterocycles. The molecule has 13 heavy (non-hydrogen) atoms. The van der Waals surface area contributed by atoms with E-state index >= 15 is 0 Å². The Kier molecular flexibility index (Phi) is 3.73. The maximum absolute atomic E-state index is 13.2. The van der Waals surface area contributed by atoms with Gasteiger partial charge in [0.25, 0.3) is 0 Å². The summed E-state index contributed by atoms with van der Waals surface area (Å²) in [7, 11) is 0. The molecule has 0 radical (unpaired) electrons. The minimum atomic E-state index is -0.444. The lowest BCUT2D eigenvalue weighted by Gasteiger charge is -1.98. The van der Waals surface area contributed by atoms with Crippen molar-refractivity contribution in [3.8, 4) is 11.8 Å². The first-order chi connectivity index (χ1) is 6.15. The zero-order valence-corrected chi connectivity index (χ0v) is 8.91. The van der Waals surface area contributed by atoms with Gasteiger partial charge in [0.2, 0.25) is 0 Å². The molecular weight excluding hydrogens is 256 g/mol. The summed E-state index contributed by atoms with van der Waals surface area (Å²) in [5, 5.41) is 0.336. The highest BCUT2D eigenvalue weighted by molar-refractivity contribution is 9.10. The van der Waals surface area contributed by atoms with E-state index < -0.39 is 5.82 Å². The zero-order valence-electron chi connectivity index (χ0n) is 6.57. The predicted molar refractivity (Wildman–Crippen MR) is 55.0 cm³/mol. The Bertz CT molecular complexity index is 358. The lowest BCUT2D eigenvalue weighted by Crippen LogP contribution is -1.94. The maximum atomic E-state index is 13.2. The van der Waals surface area contributed by atoms with E-state index in [1.807, 2.05) is 0 Å². The first-order valence-electron chi connectivity index (χ1n) is 3.48. The lowest BCUT2D eigenvalue weighted by atomic mass is 10.2. The fourth-order valence-corrected chi connectivity index (χ4v) is 1.67. The average Bonchev–Trinajstić information content (AvgIpc) is 2.02. The molecule has 0 aliphatic rings. The van der Waals surface area contributed by atoms with Crippen LogP contribution in [0.3, 0.4) is 0 Å². The van der Waals surface area contributed by atoms with Crippen LogP contribution < -0.4 is 5.73 Å². The van der Waals surface area contributed by atoms with Crippen LogP contribution in [0, 0.1) is 17.7 Å². The third-order valence-electron chi connectivity index (χ3n) is 1.32. The smallest absolute Gasteiger partial charge is 0.141 e. The van der Waals surface area contributed by atoms with Gasteiger partial charge in [-0.1, -0.05) is 23.4 Å². The molecule has 0 aliphatic carbocycles. The van der Waals surface area contributed by atoms with Gasteiger partial charge in [-0.05, 0) is 28.1 Å². The summed E-state index contributed by atoms with van der Waals surface area (Å²) in [5.74, 6) is 4.74. The second kappa shape index (κ2) is 4.61. The van der Waals surface area contributed by atoms with Crippen molar-refractivity contribution in [1.29, 1.82) is 0 Å². The van der Waals surface area contributed by atoms with Crippen LogP contribution in [0.5, 0.6) is 0 Å². The van der Waals surface area contributed by atoms with Crippen LogP contribution in [0.1, 0.15) is 5.56 Å². The Morgan fingerprint density at radius 1 is 1.54 bits per heavy atom. The number of hydrogen-bond acceptors (Lipinski definition) is 1. The number of halogens is 3. The number of rotatable bonds is 0. The Labute approximate surface area is 89.2 Å². The van der Waals surface area contributed by atoms with Crippen molar-refractivity contribution in [2.24, 2.45) is 5.73 Å². The van der Waals surface area contributed by atoms with Crippen molar-refractivity contribution >= 4 is 27.5 Å². The molecule has 0 aromatic heterocycles. The first kappa shape index (κ1) is 10.5. The van der Waals surface area contributed by atoms with Crippen LogP contribution in [0.15, 0.2) is 16.6 Å². The van der Waals surface area contributed by atoms with Crippen molar-refractivity contribution in [2.45, 2.75) is 0 Å². The van der Waals surface area contributed by atoms with E-state index in [1.54, 1.807) is 6.07 Å². The van der Waals surface area contributed by atoms with Gasteiger partial charge in [-0.3, -0.25) is 0 Å². The Morgan fingerprint density at radius 2 is 2.23 bits per heavy atom. The van der Waals surface area contributed by atoms with Crippen molar-refractivity contribution in [3.63, 3.8) is 0 Å². The molecule has 0 fully saturated rings. The molecule has 1 aromatic rings. The average molecular weight is 263 g/mol. The van der Waals surface area contributed by atoms with Gasteiger partial charge in [-0.25, -0.2) is 4.39 Å². The van der Waals surface area contributed by atoms with Crippen molar-refractivity contribution in [2.75, 3.05) is 6.54 Å². The van der Waals surface area contributed by atoms with Gasteiger partial charge in [0.05, 0.1) is 12.1 Å². The number of nitrogens with two attached hydrogens (primary N) is 1. The van der Waals surface area contributed by atoms with E-state index in [-0.39, 0.29) is 12.1 Å². The summed E-state index contributed by atoms with van der Waals surface area (Å²) >= 11 is 8.77. The molecule has 1 rings (SSSR count). The molecular formula is C9H6BrClFN. The molecule has 0 spiro atoms. The van der Waals surface area contributed by atoms with Crippen LogP contribution >= 0.6 is 27.5 Å². The lowest BCUT2D eigenvalue weighted by molar-refractivity contribution is 0.623. The van der Waals surface area contributed by atoms with Crippen LogP contribution in [-0.2, 0) is 0 Å². The Hall–Kier alpha value is -0.560. The SMILES string of the molecule is NCC#Cc1c(F)cc(Cl)cc1Br. The molecule has 0 atom stereocenters. The fraction of sp³-hybridized carbons (Fsp3) is 0.111. The van der Waals surface area contributed by atoms with Crippen molar-refractivity contribution < 1.29 is 4.39 Å². The normalized spacial score (nSPS) is 9.23. The third kappa shape index (κ3) is 2.70. The molecule has 0 amide bonds. The second-order valence-corrected chi connectivity index (χ2v) is 3.54. The van der Waals surface area contributed by atoms with E-state index in [1.165, 1.54) is 6.07 Å². The molecule has 0 saturated heterocycles. The van der Waals surface area contributed by atoms with Crippen molar-refractivity contribution in [3.05, 3.63) is 33.0 Å². The Morgan fingerprint density at radius 3 is 2.77 bits per heavy atom. The number of benzene rings is 1. The van der Waals surface area contributed by atoms with Gasteiger partial charge in [-0.15, -0.1) is 0 Å². The summed E-state index contributed by atoms with van der Waals surface area (Å²) in [6.45, 7) is 0.203. The topological polar surface area (TPSA) is 26.0 Å². The molecule has 0 unspecified atom stereocenters. The fourth-order valence-electron chi connectivity index (χ4n) is 0.801. The first-order valence-corrected chi connectivity index (χ1v) is 4.65. The standard InChI is InChI=1S/C9H6BrClFN/c10-8-4-6(11)5-9(12)7(8)2-1-3-13/h4-5H,3,13H2.